The van der Waals surface area contributed by atoms with E-state index in [1.165, 1.54) is 17.0 Å². The van der Waals surface area contributed by atoms with Crippen LogP contribution in [0, 0.1) is 0 Å². The number of anilines is 2. The number of nitrogens with one attached hydrogen (secondary N) is 3. The number of sulfone groups is 1. The summed E-state index contributed by atoms with van der Waals surface area (Å²) < 4.78 is 25.6. The van der Waals surface area contributed by atoms with Crippen molar-refractivity contribution < 1.29 is 27.6 Å². The van der Waals surface area contributed by atoms with Gasteiger partial charge < -0.3 is 15.5 Å². The summed E-state index contributed by atoms with van der Waals surface area (Å²) in [5.74, 6) is -1.49. The number of carbonyl (C=O) groups excluding carboxylic acids is 4. The van der Waals surface area contributed by atoms with Crippen LogP contribution in [-0.4, -0.2) is 49.5 Å². The van der Waals surface area contributed by atoms with Crippen LogP contribution in [0.1, 0.15) is 24.5 Å². The third-order valence-corrected chi connectivity index (χ3v) is 8.78. The zero-order chi connectivity index (χ0) is 24.3. The molecule has 3 aliphatic rings. The highest BCUT2D eigenvalue weighted by atomic mass is 32.2. The van der Waals surface area contributed by atoms with Crippen LogP contribution in [0.3, 0.4) is 0 Å². The van der Waals surface area contributed by atoms with Gasteiger partial charge in [-0.1, -0.05) is 25.1 Å². The average molecular weight is 483 g/mol. The molecule has 1 saturated heterocycles. The number of carbonyl (C=O) groups is 4. The zero-order valence-corrected chi connectivity index (χ0v) is 19.1. The van der Waals surface area contributed by atoms with Crippen LogP contribution < -0.4 is 20.9 Å². The number of imide groups is 1. The van der Waals surface area contributed by atoms with E-state index in [1.807, 2.05) is 0 Å². The highest BCUT2D eigenvalue weighted by Gasteiger charge is 2.50. The van der Waals surface area contributed by atoms with Crippen LogP contribution in [-0.2, 0) is 37.1 Å². The molecule has 0 radical (unpaired) electrons. The maximum absolute atomic E-state index is 13.0. The maximum atomic E-state index is 13.0. The molecular formula is C23H22N4O6S. The molecule has 2 aromatic rings. The lowest BCUT2D eigenvalue weighted by Gasteiger charge is -2.33. The first-order valence-corrected chi connectivity index (χ1v) is 12.4. The molecule has 2 atom stereocenters. The Labute approximate surface area is 195 Å². The second kappa shape index (κ2) is 7.66. The average Bonchev–Trinajstić information content (AvgIpc) is 3.28. The van der Waals surface area contributed by atoms with E-state index in [2.05, 4.69) is 16.0 Å². The third kappa shape index (κ3) is 3.35. The number of urea groups is 1. The van der Waals surface area contributed by atoms with Crippen molar-refractivity contribution in [2.45, 2.75) is 41.9 Å². The van der Waals surface area contributed by atoms with E-state index in [0.29, 0.717) is 18.5 Å². The summed E-state index contributed by atoms with van der Waals surface area (Å²) in [6, 6.07) is 10.9. The summed E-state index contributed by atoms with van der Waals surface area (Å²) in [7, 11) is -3.82. The second-order valence-corrected chi connectivity index (χ2v) is 10.8. The van der Waals surface area contributed by atoms with Crippen molar-refractivity contribution in [3.8, 4) is 0 Å². The van der Waals surface area contributed by atoms with Gasteiger partial charge in [-0.2, -0.15) is 0 Å². The van der Waals surface area contributed by atoms with Crippen molar-refractivity contribution in [1.82, 2.24) is 10.6 Å². The Morgan fingerprint density at radius 3 is 2.56 bits per heavy atom. The Kier molecular flexibility index (Phi) is 4.97. The molecule has 0 saturated carbocycles. The summed E-state index contributed by atoms with van der Waals surface area (Å²) in [5.41, 5.74) is 1.37. The summed E-state index contributed by atoms with van der Waals surface area (Å²) in [5, 5.41) is 6.47. The molecule has 2 aromatic carbocycles. The molecule has 34 heavy (non-hydrogen) atoms. The molecule has 2 aliphatic heterocycles. The van der Waals surface area contributed by atoms with E-state index in [0.717, 1.165) is 11.1 Å². The lowest BCUT2D eigenvalue weighted by Crippen LogP contribution is -2.50. The molecule has 5 amide bonds. The van der Waals surface area contributed by atoms with Crippen molar-refractivity contribution >= 4 is 45.0 Å². The Bertz CT molecular complexity index is 1370. The molecular weight excluding hydrogens is 460 g/mol. The number of nitrogens with zero attached hydrogens (tertiary/aromatic N) is 1. The fraction of sp³-hybridized carbons (Fsp3) is 0.304. The second-order valence-electron chi connectivity index (χ2n) is 8.71. The summed E-state index contributed by atoms with van der Waals surface area (Å²) in [4.78, 5) is 50.9. The molecule has 1 fully saturated rings. The van der Waals surface area contributed by atoms with Gasteiger partial charge in [-0.25, -0.2) is 13.2 Å². The monoisotopic (exact) mass is 482 g/mol. The Morgan fingerprint density at radius 1 is 1.12 bits per heavy atom. The van der Waals surface area contributed by atoms with Crippen molar-refractivity contribution in [1.29, 1.82) is 0 Å². The van der Waals surface area contributed by atoms with Gasteiger partial charge in [0.15, 0.2) is 9.84 Å². The number of amides is 5. The van der Waals surface area contributed by atoms with Crippen LogP contribution in [0.5, 0.6) is 0 Å². The van der Waals surface area contributed by atoms with E-state index >= 15 is 0 Å². The van der Waals surface area contributed by atoms with E-state index in [4.69, 9.17) is 0 Å². The van der Waals surface area contributed by atoms with Crippen molar-refractivity contribution in [3.05, 3.63) is 53.6 Å². The lowest BCUT2D eigenvalue weighted by atomic mass is 9.96. The number of hydrogen-bond acceptors (Lipinski definition) is 6. The quantitative estimate of drug-likeness (QED) is 0.553. The SMILES string of the molecule is CCC1C(=O)N(CC(=O)Nc2ccc3c(c2)CC2(C3)NC(=O)NC2=O)c2ccccc2S1(=O)=O. The van der Waals surface area contributed by atoms with E-state index in [1.54, 1.807) is 37.3 Å². The fourth-order valence-corrected chi connectivity index (χ4v) is 6.81. The first-order chi connectivity index (χ1) is 16.1. The van der Waals surface area contributed by atoms with Crippen LogP contribution >= 0.6 is 0 Å². The first kappa shape index (κ1) is 22.1. The highest BCUT2D eigenvalue weighted by molar-refractivity contribution is 7.93. The van der Waals surface area contributed by atoms with Gasteiger partial charge >= 0.3 is 6.03 Å². The van der Waals surface area contributed by atoms with Gasteiger partial charge in [-0.15, -0.1) is 0 Å². The van der Waals surface area contributed by atoms with Gasteiger partial charge in [0.25, 0.3) is 5.91 Å². The zero-order valence-electron chi connectivity index (χ0n) is 18.3. The minimum Gasteiger partial charge on any atom is -0.325 e. The predicted octanol–water partition coefficient (Wildman–Crippen LogP) is 0.901. The predicted molar refractivity (Wildman–Crippen MR) is 122 cm³/mol. The topological polar surface area (TPSA) is 142 Å². The molecule has 2 unspecified atom stereocenters. The Balaban J connectivity index is 1.35. The lowest BCUT2D eigenvalue weighted by molar-refractivity contribution is -0.123. The van der Waals surface area contributed by atoms with Gasteiger partial charge in [-0.3, -0.25) is 19.7 Å². The number of benzene rings is 2. The van der Waals surface area contributed by atoms with Gasteiger partial charge in [0.05, 0.1) is 10.6 Å². The number of hydrogen-bond donors (Lipinski definition) is 3. The van der Waals surface area contributed by atoms with Crippen LogP contribution in [0.2, 0.25) is 0 Å². The Hall–Kier alpha value is -3.73. The minimum absolute atomic E-state index is 0.0361. The standard InChI is InChI=1S/C23H22N4O6S/c1-2-17-20(29)27(16-5-3-4-6-18(16)34(17,32)33)12-19(28)24-15-8-7-13-10-23(11-14(13)9-15)21(30)25-22(31)26-23/h3-9,17H,2,10-12H2,1H3,(H,24,28)(H2,25,26,30,31). The molecule has 0 aromatic heterocycles. The van der Waals surface area contributed by atoms with Gasteiger partial charge in [0.1, 0.15) is 17.3 Å². The van der Waals surface area contributed by atoms with Crippen molar-refractivity contribution in [2.75, 3.05) is 16.8 Å². The summed E-state index contributed by atoms with van der Waals surface area (Å²) in [6.07, 6.45) is 0.766. The van der Waals surface area contributed by atoms with E-state index in [-0.39, 0.29) is 29.5 Å². The molecule has 5 rings (SSSR count). The molecule has 2 heterocycles. The maximum Gasteiger partial charge on any atom is 0.322 e. The van der Waals surface area contributed by atoms with Crippen LogP contribution in [0.4, 0.5) is 16.2 Å². The molecule has 0 bridgehead atoms. The van der Waals surface area contributed by atoms with Gasteiger partial charge in [0.2, 0.25) is 11.8 Å². The summed E-state index contributed by atoms with van der Waals surface area (Å²) in [6.45, 7) is 1.28. The molecule has 10 nitrogen and oxygen atoms in total. The smallest absolute Gasteiger partial charge is 0.322 e. The third-order valence-electron chi connectivity index (χ3n) is 6.54. The van der Waals surface area contributed by atoms with Crippen molar-refractivity contribution in [2.24, 2.45) is 0 Å². The Morgan fingerprint density at radius 2 is 1.85 bits per heavy atom. The molecule has 1 spiro atoms. The summed E-state index contributed by atoms with van der Waals surface area (Å²) >= 11 is 0. The fourth-order valence-electron chi connectivity index (χ4n) is 4.93. The first-order valence-electron chi connectivity index (χ1n) is 10.8. The molecule has 11 heteroatoms. The largest absolute Gasteiger partial charge is 0.325 e. The van der Waals surface area contributed by atoms with Gasteiger partial charge in [-0.05, 0) is 41.8 Å². The molecule has 1 aliphatic carbocycles. The number of fused-ring (bicyclic) bond motifs is 2. The van der Waals surface area contributed by atoms with E-state index < -0.39 is 38.5 Å². The number of rotatable bonds is 4. The van der Waals surface area contributed by atoms with E-state index in [9.17, 15) is 27.6 Å². The van der Waals surface area contributed by atoms with Crippen molar-refractivity contribution in [3.63, 3.8) is 0 Å². The van der Waals surface area contributed by atoms with Crippen LogP contribution in [0.25, 0.3) is 0 Å². The minimum atomic E-state index is -3.82. The number of para-hydroxylation sites is 1. The normalized spacial score (nSPS) is 24.4. The van der Waals surface area contributed by atoms with Crippen LogP contribution in [0.15, 0.2) is 47.4 Å². The molecule has 3 N–H and O–H groups in total. The highest BCUT2D eigenvalue weighted by Crippen LogP contribution is 2.36. The molecule has 176 valence electrons. The van der Waals surface area contributed by atoms with Gasteiger partial charge in [0, 0.05) is 18.5 Å².